The lowest BCUT2D eigenvalue weighted by Crippen LogP contribution is -2.37. The molecule has 100 valence electrons. The standard InChI is InChI=1S/C15H22O3/c1-10-6-7-11(14(2,3)4)8-12(10)15(5,9-16)13(17)18/h6-8,16H,9H2,1-5H3,(H,17,18). The summed E-state index contributed by atoms with van der Waals surface area (Å²) in [6.07, 6.45) is 0. The summed E-state index contributed by atoms with van der Waals surface area (Å²) in [6.45, 7) is 9.27. The Hall–Kier alpha value is -1.35. The summed E-state index contributed by atoms with van der Waals surface area (Å²) in [5.41, 5.74) is 1.36. The second-order valence-electron chi connectivity index (χ2n) is 6.08. The molecule has 1 aromatic rings. The van der Waals surface area contributed by atoms with Gasteiger partial charge in [-0.05, 0) is 36.0 Å². The van der Waals surface area contributed by atoms with Crippen LogP contribution in [0, 0.1) is 6.92 Å². The largest absolute Gasteiger partial charge is 0.481 e. The van der Waals surface area contributed by atoms with Gasteiger partial charge in [0, 0.05) is 0 Å². The highest BCUT2D eigenvalue weighted by Crippen LogP contribution is 2.31. The average Bonchev–Trinajstić information content (AvgIpc) is 2.26. The fourth-order valence-corrected chi connectivity index (χ4v) is 1.95. The highest BCUT2D eigenvalue weighted by atomic mass is 16.4. The van der Waals surface area contributed by atoms with E-state index in [-0.39, 0.29) is 5.41 Å². The highest BCUT2D eigenvalue weighted by molar-refractivity contribution is 5.81. The van der Waals surface area contributed by atoms with Gasteiger partial charge in [-0.1, -0.05) is 39.0 Å². The second-order valence-corrected chi connectivity index (χ2v) is 6.08. The molecule has 1 rings (SSSR count). The van der Waals surface area contributed by atoms with Crippen LogP contribution >= 0.6 is 0 Å². The third-order valence-electron chi connectivity index (χ3n) is 3.49. The van der Waals surface area contributed by atoms with Crippen LogP contribution in [-0.4, -0.2) is 22.8 Å². The van der Waals surface area contributed by atoms with Crippen LogP contribution in [0.25, 0.3) is 0 Å². The fourth-order valence-electron chi connectivity index (χ4n) is 1.95. The van der Waals surface area contributed by atoms with Gasteiger partial charge in [-0.25, -0.2) is 0 Å². The minimum Gasteiger partial charge on any atom is -0.481 e. The number of carbonyl (C=O) groups is 1. The Kier molecular flexibility index (Phi) is 3.86. The van der Waals surface area contributed by atoms with E-state index in [1.807, 2.05) is 25.1 Å². The molecule has 3 nitrogen and oxygen atoms in total. The maximum atomic E-state index is 11.4. The molecule has 0 aliphatic rings. The number of aliphatic hydroxyl groups is 1. The van der Waals surface area contributed by atoms with Crippen molar-refractivity contribution in [1.82, 2.24) is 0 Å². The molecular formula is C15H22O3. The summed E-state index contributed by atoms with van der Waals surface area (Å²) in [4.78, 5) is 11.4. The Morgan fingerprint density at radius 1 is 1.22 bits per heavy atom. The Bertz CT molecular complexity index is 457. The molecule has 0 amide bonds. The van der Waals surface area contributed by atoms with Crippen molar-refractivity contribution in [2.45, 2.75) is 45.4 Å². The lowest BCUT2D eigenvalue weighted by molar-refractivity contribution is -0.144. The van der Waals surface area contributed by atoms with Gasteiger partial charge in [0.25, 0.3) is 0 Å². The molecule has 0 radical (unpaired) electrons. The topological polar surface area (TPSA) is 57.5 Å². The Morgan fingerprint density at radius 2 is 1.78 bits per heavy atom. The zero-order valence-corrected chi connectivity index (χ0v) is 11.7. The van der Waals surface area contributed by atoms with Crippen LogP contribution in [0.15, 0.2) is 18.2 Å². The van der Waals surface area contributed by atoms with E-state index in [1.165, 1.54) is 0 Å². The van der Waals surface area contributed by atoms with Gasteiger partial charge in [-0.3, -0.25) is 4.79 Å². The first-order valence-electron chi connectivity index (χ1n) is 6.09. The molecule has 0 heterocycles. The number of aryl methyl sites for hydroxylation is 1. The molecular weight excluding hydrogens is 228 g/mol. The van der Waals surface area contributed by atoms with Gasteiger partial charge in [0.1, 0.15) is 5.41 Å². The lowest BCUT2D eigenvalue weighted by atomic mass is 9.77. The Balaban J connectivity index is 3.44. The molecule has 2 N–H and O–H groups in total. The fraction of sp³-hybridized carbons (Fsp3) is 0.533. The van der Waals surface area contributed by atoms with Crippen molar-refractivity contribution in [3.8, 4) is 0 Å². The zero-order valence-electron chi connectivity index (χ0n) is 11.7. The number of benzene rings is 1. The molecule has 0 saturated heterocycles. The van der Waals surface area contributed by atoms with Crippen LogP contribution in [0.4, 0.5) is 0 Å². The maximum absolute atomic E-state index is 11.4. The van der Waals surface area contributed by atoms with Crippen molar-refractivity contribution < 1.29 is 15.0 Å². The second kappa shape index (κ2) is 4.73. The number of rotatable bonds is 3. The molecule has 0 aliphatic carbocycles. The van der Waals surface area contributed by atoms with E-state index in [2.05, 4.69) is 20.8 Å². The van der Waals surface area contributed by atoms with Gasteiger partial charge in [0.2, 0.25) is 0 Å². The molecule has 0 spiro atoms. The summed E-state index contributed by atoms with van der Waals surface area (Å²) in [5, 5.41) is 18.8. The molecule has 0 aromatic heterocycles. The van der Waals surface area contributed by atoms with E-state index in [4.69, 9.17) is 0 Å². The Morgan fingerprint density at radius 3 is 2.17 bits per heavy atom. The zero-order chi connectivity index (χ0) is 14.1. The molecule has 18 heavy (non-hydrogen) atoms. The van der Waals surface area contributed by atoms with E-state index in [1.54, 1.807) is 6.92 Å². The molecule has 1 unspecified atom stereocenters. The molecule has 0 aliphatic heterocycles. The third kappa shape index (κ3) is 2.56. The van der Waals surface area contributed by atoms with E-state index >= 15 is 0 Å². The van der Waals surface area contributed by atoms with Crippen LogP contribution in [0.1, 0.15) is 44.4 Å². The lowest BCUT2D eigenvalue weighted by Gasteiger charge is -2.28. The SMILES string of the molecule is Cc1ccc(C(C)(C)C)cc1C(C)(CO)C(=O)O. The number of carboxylic acids is 1. The summed E-state index contributed by atoms with van der Waals surface area (Å²) in [6, 6.07) is 5.84. The first-order chi connectivity index (χ1) is 8.13. The number of aliphatic carboxylic acids is 1. The van der Waals surface area contributed by atoms with E-state index in [0.29, 0.717) is 5.56 Å². The predicted octanol–water partition coefficient (Wildman–Crippen LogP) is 2.63. The monoisotopic (exact) mass is 250 g/mol. The average molecular weight is 250 g/mol. The normalized spacial score (nSPS) is 15.2. The molecule has 1 aromatic carbocycles. The van der Waals surface area contributed by atoms with Gasteiger partial charge in [0.05, 0.1) is 6.61 Å². The molecule has 1 atom stereocenters. The molecule has 3 heteroatoms. The number of hydrogen-bond acceptors (Lipinski definition) is 2. The van der Waals surface area contributed by atoms with Crippen LogP contribution < -0.4 is 0 Å². The van der Waals surface area contributed by atoms with Crippen molar-refractivity contribution in [3.63, 3.8) is 0 Å². The van der Waals surface area contributed by atoms with Crippen LogP contribution in [0.3, 0.4) is 0 Å². The van der Waals surface area contributed by atoms with E-state index in [9.17, 15) is 15.0 Å². The van der Waals surface area contributed by atoms with Crippen molar-refractivity contribution in [2.75, 3.05) is 6.61 Å². The maximum Gasteiger partial charge on any atom is 0.316 e. The number of aliphatic hydroxyl groups excluding tert-OH is 1. The smallest absolute Gasteiger partial charge is 0.316 e. The van der Waals surface area contributed by atoms with Gasteiger partial charge < -0.3 is 10.2 Å². The van der Waals surface area contributed by atoms with Crippen LogP contribution in [0.2, 0.25) is 0 Å². The van der Waals surface area contributed by atoms with Crippen molar-refractivity contribution in [3.05, 3.63) is 34.9 Å². The molecule has 0 saturated carbocycles. The molecule has 0 bridgehead atoms. The van der Waals surface area contributed by atoms with Crippen LogP contribution in [0.5, 0.6) is 0 Å². The number of hydrogen-bond donors (Lipinski definition) is 2. The summed E-state index contributed by atoms with van der Waals surface area (Å²) >= 11 is 0. The first kappa shape index (κ1) is 14.7. The van der Waals surface area contributed by atoms with Crippen molar-refractivity contribution >= 4 is 5.97 Å². The predicted molar refractivity (Wildman–Crippen MR) is 72.0 cm³/mol. The van der Waals surface area contributed by atoms with Gasteiger partial charge in [-0.15, -0.1) is 0 Å². The summed E-state index contributed by atoms with van der Waals surface area (Å²) < 4.78 is 0. The molecule has 0 fully saturated rings. The van der Waals surface area contributed by atoms with Crippen molar-refractivity contribution in [1.29, 1.82) is 0 Å². The van der Waals surface area contributed by atoms with Gasteiger partial charge in [0.15, 0.2) is 0 Å². The quantitative estimate of drug-likeness (QED) is 0.867. The summed E-state index contributed by atoms with van der Waals surface area (Å²) in [7, 11) is 0. The van der Waals surface area contributed by atoms with Gasteiger partial charge >= 0.3 is 5.97 Å². The van der Waals surface area contributed by atoms with Gasteiger partial charge in [-0.2, -0.15) is 0 Å². The first-order valence-corrected chi connectivity index (χ1v) is 6.09. The number of carboxylic acid groups (broad SMARTS) is 1. The summed E-state index contributed by atoms with van der Waals surface area (Å²) in [5.74, 6) is -1.00. The van der Waals surface area contributed by atoms with E-state index in [0.717, 1.165) is 11.1 Å². The minimum atomic E-state index is -1.24. The van der Waals surface area contributed by atoms with Crippen molar-refractivity contribution in [2.24, 2.45) is 0 Å². The minimum absolute atomic E-state index is 0.0443. The Labute approximate surface area is 108 Å². The third-order valence-corrected chi connectivity index (χ3v) is 3.49. The van der Waals surface area contributed by atoms with Crippen LogP contribution in [-0.2, 0) is 15.6 Å². The highest BCUT2D eigenvalue weighted by Gasteiger charge is 2.36. The van der Waals surface area contributed by atoms with E-state index < -0.39 is 18.0 Å².